The highest BCUT2D eigenvalue weighted by Gasteiger charge is 2.26. The summed E-state index contributed by atoms with van der Waals surface area (Å²) in [6.45, 7) is 4.12. The van der Waals surface area contributed by atoms with Gasteiger partial charge in [0, 0.05) is 19.3 Å². The number of amides is 2. The SMILES string of the molecule is C[C@H](C(=O)NC[C@H](C(=O)NCc1ccc(N)nc1)c1ccc(F)cc1)N1CCCCC1. The first-order chi connectivity index (χ1) is 14.9. The van der Waals surface area contributed by atoms with Crippen LogP contribution >= 0.6 is 0 Å². The first-order valence-electron chi connectivity index (χ1n) is 10.7. The molecule has 8 heteroatoms. The average Bonchev–Trinajstić information content (AvgIpc) is 2.80. The van der Waals surface area contributed by atoms with Gasteiger partial charge in [0.1, 0.15) is 11.6 Å². The molecule has 1 aromatic heterocycles. The molecule has 31 heavy (non-hydrogen) atoms. The van der Waals surface area contributed by atoms with Crippen LogP contribution in [0.5, 0.6) is 0 Å². The number of hydrogen-bond acceptors (Lipinski definition) is 5. The number of rotatable bonds is 8. The summed E-state index contributed by atoms with van der Waals surface area (Å²) in [7, 11) is 0. The standard InChI is InChI=1S/C23H30FN5O2/c1-16(29-11-3-2-4-12-29)22(30)28-15-20(18-6-8-19(24)9-7-18)23(31)27-14-17-5-10-21(25)26-13-17/h5-10,13,16,20H,2-4,11-12,14-15H2,1H3,(H2,25,26)(H,27,31)(H,28,30)/t16-,20+/m1/s1. The number of benzene rings is 1. The van der Waals surface area contributed by atoms with Crippen molar-refractivity contribution in [3.63, 3.8) is 0 Å². The van der Waals surface area contributed by atoms with Crippen LogP contribution in [0.3, 0.4) is 0 Å². The monoisotopic (exact) mass is 427 g/mol. The van der Waals surface area contributed by atoms with E-state index < -0.39 is 5.92 Å². The summed E-state index contributed by atoms with van der Waals surface area (Å²) in [6, 6.07) is 8.99. The molecule has 1 fully saturated rings. The number of nitrogens with zero attached hydrogens (tertiary/aromatic N) is 2. The molecule has 1 aromatic carbocycles. The smallest absolute Gasteiger partial charge is 0.237 e. The van der Waals surface area contributed by atoms with Gasteiger partial charge in [0.25, 0.3) is 0 Å². The maximum atomic E-state index is 13.4. The third-order valence-corrected chi connectivity index (χ3v) is 5.70. The number of anilines is 1. The van der Waals surface area contributed by atoms with Crippen LogP contribution in [-0.2, 0) is 16.1 Å². The lowest BCUT2D eigenvalue weighted by Crippen LogP contribution is -2.48. The van der Waals surface area contributed by atoms with Crippen LogP contribution in [0.15, 0.2) is 42.6 Å². The number of nitrogen functional groups attached to an aromatic ring is 1. The summed E-state index contributed by atoms with van der Waals surface area (Å²) in [5, 5.41) is 5.79. The van der Waals surface area contributed by atoms with Crippen LogP contribution in [0.1, 0.15) is 43.2 Å². The van der Waals surface area contributed by atoms with Crippen molar-refractivity contribution in [1.82, 2.24) is 20.5 Å². The van der Waals surface area contributed by atoms with Crippen molar-refractivity contribution in [3.05, 3.63) is 59.5 Å². The number of piperidine rings is 1. The Labute approximate surface area is 182 Å². The lowest BCUT2D eigenvalue weighted by Gasteiger charge is -2.31. The van der Waals surface area contributed by atoms with Gasteiger partial charge in [0.2, 0.25) is 11.8 Å². The van der Waals surface area contributed by atoms with Crippen LogP contribution < -0.4 is 16.4 Å². The van der Waals surface area contributed by atoms with Crippen LogP contribution in [0.2, 0.25) is 0 Å². The highest BCUT2D eigenvalue weighted by Crippen LogP contribution is 2.17. The quantitative estimate of drug-likeness (QED) is 0.600. The molecular formula is C23H30FN5O2. The fourth-order valence-corrected chi connectivity index (χ4v) is 3.73. The Bertz CT molecular complexity index is 867. The molecule has 2 aromatic rings. The van der Waals surface area contributed by atoms with E-state index in [2.05, 4.69) is 20.5 Å². The first-order valence-corrected chi connectivity index (χ1v) is 10.7. The Morgan fingerprint density at radius 2 is 1.77 bits per heavy atom. The van der Waals surface area contributed by atoms with E-state index >= 15 is 0 Å². The molecule has 0 radical (unpaired) electrons. The number of likely N-dealkylation sites (tertiary alicyclic amines) is 1. The third kappa shape index (κ3) is 6.49. The summed E-state index contributed by atoms with van der Waals surface area (Å²) >= 11 is 0. The number of halogens is 1. The van der Waals surface area contributed by atoms with Gasteiger partial charge in [0.15, 0.2) is 0 Å². The fourth-order valence-electron chi connectivity index (χ4n) is 3.73. The van der Waals surface area contributed by atoms with Crippen LogP contribution in [0.25, 0.3) is 0 Å². The lowest BCUT2D eigenvalue weighted by molar-refractivity contribution is -0.126. The molecular weight excluding hydrogens is 397 g/mol. The molecule has 0 aliphatic carbocycles. The van der Waals surface area contributed by atoms with E-state index in [0.717, 1.165) is 31.5 Å². The number of carbonyl (C=O) groups is 2. The maximum absolute atomic E-state index is 13.4. The minimum Gasteiger partial charge on any atom is -0.384 e. The molecule has 0 saturated carbocycles. The molecule has 3 rings (SSSR count). The highest BCUT2D eigenvalue weighted by atomic mass is 19.1. The Morgan fingerprint density at radius 1 is 1.06 bits per heavy atom. The van der Waals surface area contributed by atoms with Crippen molar-refractivity contribution in [3.8, 4) is 0 Å². The van der Waals surface area contributed by atoms with E-state index in [0.29, 0.717) is 11.4 Å². The minimum atomic E-state index is -0.639. The van der Waals surface area contributed by atoms with Crippen molar-refractivity contribution in [2.75, 3.05) is 25.4 Å². The molecule has 1 aliphatic heterocycles. The van der Waals surface area contributed by atoms with Gasteiger partial charge in [-0.1, -0.05) is 24.6 Å². The predicted octanol–water partition coefficient (Wildman–Crippen LogP) is 2.19. The summed E-state index contributed by atoms with van der Waals surface area (Å²) < 4.78 is 13.4. The van der Waals surface area contributed by atoms with Gasteiger partial charge in [-0.3, -0.25) is 14.5 Å². The normalized spacial score (nSPS) is 16.3. The molecule has 4 N–H and O–H groups in total. The van der Waals surface area contributed by atoms with E-state index in [1.165, 1.54) is 18.6 Å². The Hall–Kier alpha value is -3.00. The van der Waals surface area contributed by atoms with E-state index in [4.69, 9.17) is 5.73 Å². The largest absolute Gasteiger partial charge is 0.384 e. The highest BCUT2D eigenvalue weighted by molar-refractivity contribution is 5.86. The summed E-state index contributed by atoms with van der Waals surface area (Å²) in [4.78, 5) is 31.8. The van der Waals surface area contributed by atoms with Crippen LogP contribution in [0.4, 0.5) is 10.2 Å². The zero-order valence-electron chi connectivity index (χ0n) is 17.8. The summed E-state index contributed by atoms with van der Waals surface area (Å²) in [5.41, 5.74) is 7.04. The van der Waals surface area contributed by atoms with Crippen LogP contribution in [0, 0.1) is 5.82 Å². The second kappa shape index (κ2) is 10.9. The predicted molar refractivity (Wildman–Crippen MR) is 118 cm³/mol. The third-order valence-electron chi connectivity index (χ3n) is 5.70. The zero-order valence-corrected chi connectivity index (χ0v) is 17.8. The maximum Gasteiger partial charge on any atom is 0.237 e. The van der Waals surface area contributed by atoms with Gasteiger partial charge < -0.3 is 16.4 Å². The van der Waals surface area contributed by atoms with Gasteiger partial charge in [-0.2, -0.15) is 0 Å². The zero-order chi connectivity index (χ0) is 22.2. The van der Waals surface area contributed by atoms with Gasteiger partial charge >= 0.3 is 0 Å². The molecule has 0 bridgehead atoms. The van der Waals surface area contributed by atoms with E-state index in [1.54, 1.807) is 30.5 Å². The minimum absolute atomic E-state index is 0.107. The first kappa shape index (κ1) is 22.7. The Balaban J connectivity index is 1.64. The molecule has 1 aliphatic rings. The van der Waals surface area contributed by atoms with Crippen molar-refractivity contribution < 1.29 is 14.0 Å². The van der Waals surface area contributed by atoms with Crippen molar-refractivity contribution in [2.24, 2.45) is 0 Å². The fraction of sp³-hybridized carbons (Fsp3) is 0.435. The molecule has 2 heterocycles. The molecule has 1 saturated heterocycles. The molecule has 0 spiro atoms. The molecule has 166 valence electrons. The number of nitrogens with one attached hydrogen (secondary N) is 2. The van der Waals surface area contributed by atoms with Crippen molar-refractivity contribution in [2.45, 2.75) is 44.7 Å². The topological polar surface area (TPSA) is 100 Å². The van der Waals surface area contributed by atoms with Gasteiger partial charge in [-0.15, -0.1) is 0 Å². The van der Waals surface area contributed by atoms with E-state index in [9.17, 15) is 14.0 Å². The van der Waals surface area contributed by atoms with Gasteiger partial charge in [-0.05, 0) is 62.2 Å². The van der Waals surface area contributed by atoms with Crippen molar-refractivity contribution in [1.29, 1.82) is 0 Å². The Kier molecular flexibility index (Phi) is 7.94. The van der Waals surface area contributed by atoms with Crippen molar-refractivity contribution >= 4 is 17.6 Å². The molecule has 0 unspecified atom stereocenters. The molecule has 2 amide bonds. The molecule has 7 nitrogen and oxygen atoms in total. The number of aromatic nitrogens is 1. The second-order valence-corrected chi connectivity index (χ2v) is 7.93. The van der Waals surface area contributed by atoms with E-state index in [1.807, 2.05) is 6.92 Å². The lowest BCUT2D eigenvalue weighted by atomic mass is 9.97. The van der Waals surface area contributed by atoms with Gasteiger partial charge in [0.05, 0.1) is 12.0 Å². The van der Waals surface area contributed by atoms with Gasteiger partial charge in [-0.25, -0.2) is 9.37 Å². The summed E-state index contributed by atoms with van der Waals surface area (Å²) in [5.74, 6) is -0.970. The average molecular weight is 428 g/mol. The van der Waals surface area contributed by atoms with E-state index in [-0.39, 0.29) is 36.8 Å². The summed E-state index contributed by atoms with van der Waals surface area (Å²) in [6.07, 6.45) is 4.99. The molecule has 2 atom stereocenters. The number of nitrogens with two attached hydrogens (primary N) is 1. The second-order valence-electron chi connectivity index (χ2n) is 7.93. The number of hydrogen-bond donors (Lipinski definition) is 3. The number of pyridine rings is 1. The number of carbonyl (C=O) groups excluding carboxylic acids is 2. The van der Waals surface area contributed by atoms with Crippen LogP contribution in [-0.4, -0.2) is 47.4 Å². The Morgan fingerprint density at radius 3 is 2.42 bits per heavy atom.